The van der Waals surface area contributed by atoms with Crippen molar-refractivity contribution in [3.8, 4) is 23.0 Å². The minimum Gasteiger partial charge on any atom is -0.508 e. The summed E-state index contributed by atoms with van der Waals surface area (Å²) in [5, 5.41) is 23.0. The third-order valence-corrected chi connectivity index (χ3v) is 6.90. The highest BCUT2D eigenvalue weighted by Gasteiger charge is 2.53. The maximum atomic E-state index is 13.2. The molecular formula is C29H29NO7. The molecule has 1 atom stereocenters. The number of hydrogen-bond acceptors (Lipinski definition) is 7. The zero-order chi connectivity index (χ0) is 26.2. The first-order chi connectivity index (χ1) is 17.8. The SMILES string of the molecule is COCC(C)CCCCNC(=O)c1ccc2c(c1)C(=O)OC21c2ccc(O)cc2Oc2cc(O)ccc21. The molecule has 0 saturated carbocycles. The van der Waals surface area contributed by atoms with Crippen molar-refractivity contribution in [2.75, 3.05) is 20.3 Å². The number of aromatic hydroxyl groups is 2. The molecule has 37 heavy (non-hydrogen) atoms. The van der Waals surface area contributed by atoms with Crippen molar-refractivity contribution in [3.63, 3.8) is 0 Å². The van der Waals surface area contributed by atoms with Gasteiger partial charge in [-0.1, -0.05) is 19.4 Å². The van der Waals surface area contributed by atoms with Gasteiger partial charge in [0.2, 0.25) is 0 Å². The minimum absolute atomic E-state index is 0.0118. The van der Waals surface area contributed by atoms with Gasteiger partial charge in [0.1, 0.15) is 23.0 Å². The van der Waals surface area contributed by atoms with Crippen molar-refractivity contribution in [1.82, 2.24) is 5.32 Å². The molecule has 0 saturated heterocycles. The topological polar surface area (TPSA) is 114 Å². The minimum atomic E-state index is -1.34. The van der Waals surface area contributed by atoms with Crippen molar-refractivity contribution in [1.29, 1.82) is 0 Å². The van der Waals surface area contributed by atoms with Crippen LogP contribution in [-0.4, -0.2) is 42.4 Å². The molecule has 1 unspecified atom stereocenters. The number of methoxy groups -OCH3 is 1. The van der Waals surface area contributed by atoms with Crippen molar-refractivity contribution in [3.05, 3.63) is 82.4 Å². The van der Waals surface area contributed by atoms with Gasteiger partial charge in [-0.05, 0) is 55.2 Å². The number of hydrogen-bond donors (Lipinski definition) is 3. The Kier molecular flexibility index (Phi) is 6.52. The van der Waals surface area contributed by atoms with E-state index in [2.05, 4.69) is 12.2 Å². The maximum absolute atomic E-state index is 13.2. The molecule has 0 bridgehead atoms. The predicted octanol–water partition coefficient (Wildman–Crippen LogP) is 4.85. The first-order valence-electron chi connectivity index (χ1n) is 12.3. The summed E-state index contributed by atoms with van der Waals surface area (Å²) >= 11 is 0. The van der Waals surface area contributed by atoms with Gasteiger partial charge >= 0.3 is 5.97 Å². The summed E-state index contributed by atoms with van der Waals surface area (Å²) in [7, 11) is 1.69. The highest BCUT2D eigenvalue weighted by molar-refractivity contribution is 6.01. The van der Waals surface area contributed by atoms with Gasteiger partial charge in [0, 0.05) is 54.6 Å². The Hall–Kier alpha value is -4.04. The molecule has 0 aromatic heterocycles. The van der Waals surface area contributed by atoms with E-state index >= 15 is 0 Å². The molecule has 3 N–H and O–H groups in total. The van der Waals surface area contributed by atoms with Crippen LogP contribution in [0.3, 0.4) is 0 Å². The summed E-state index contributed by atoms with van der Waals surface area (Å²) in [6, 6.07) is 14.1. The molecule has 1 spiro atoms. The Morgan fingerprint density at radius 2 is 1.62 bits per heavy atom. The van der Waals surface area contributed by atoms with Gasteiger partial charge < -0.3 is 29.7 Å². The van der Waals surface area contributed by atoms with Crippen LogP contribution in [0.4, 0.5) is 0 Å². The number of benzene rings is 3. The molecular weight excluding hydrogens is 474 g/mol. The lowest BCUT2D eigenvalue weighted by molar-refractivity contribution is 0.0224. The van der Waals surface area contributed by atoms with Crippen LogP contribution in [0.25, 0.3) is 0 Å². The van der Waals surface area contributed by atoms with E-state index in [0.717, 1.165) is 25.9 Å². The standard InChI is InChI=1S/C29H29NO7/c1-17(16-35-2)5-3-4-12-30-27(33)18-6-9-22-21(13-18)28(34)37-29(22)23-10-7-19(31)14-25(23)36-26-15-20(32)8-11-24(26)29/h6-11,13-15,17,31-32H,3-5,12,16H2,1-2H3,(H,30,33). The predicted molar refractivity (Wildman–Crippen MR) is 135 cm³/mol. The van der Waals surface area contributed by atoms with Crippen molar-refractivity contribution in [2.45, 2.75) is 31.8 Å². The van der Waals surface area contributed by atoms with E-state index in [9.17, 15) is 19.8 Å². The number of nitrogens with one attached hydrogen (secondary N) is 1. The largest absolute Gasteiger partial charge is 0.508 e. The average molecular weight is 504 g/mol. The monoisotopic (exact) mass is 503 g/mol. The Balaban J connectivity index is 1.43. The maximum Gasteiger partial charge on any atom is 0.340 e. The van der Waals surface area contributed by atoms with Crippen molar-refractivity contribution in [2.24, 2.45) is 5.92 Å². The molecule has 2 aliphatic heterocycles. The van der Waals surface area contributed by atoms with Gasteiger partial charge in [-0.3, -0.25) is 4.79 Å². The zero-order valence-electron chi connectivity index (χ0n) is 20.7. The average Bonchev–Trinajstić information content (AvgIpc) is 3.15. The van der Waals surface area contributed by atoms with E-state index in [1.807, 2.05) is 0 Å². The van der Waals surface area contributed by atoms with E-state index in [1.165, 1.54) is 24.3 Å². The van der Waals surface area contributed by atoms with Gasteiger partial charge in [0.15, 0.2) is 5.60 Å². The summed E-state index contributed by atoms with van der Waals surface area (Å²) < 4.78 is 17.2. The lowest BCUT2D eigenvalue weighted by Crippen LogP contribution is -2.33. The number of rotatable bonds is 8. The van der Waals surface area contributed by atoms with Crippen molar-refractivity contribution < 1.29 is 34.0 Å². The lowest BCUT2D eigenvalue weighted by atomic mass is 9.77. The second kappa shape index (κ2) is 9.78. The number of carbonyl (C=O) groups is 2. The molecule has 192 valence electrons. The van der Waals surface area contributed by atoms with E-state index in [0.29, 0.717) is 46.2 Å². The highest BCUT2D eigenvalue weighted by Crippen LogP contribution is 2.57. The second-order valence-corrected chi connectivity index (χ2v) is 9.61. The number of phenolic OH excluding ortho intramolecular Hbond substituents is 2. The molecule has 0 fully saturated rings. The molecule has 8 nitrogen and oxygen atoms in total. The summed E-state index contributed by atoms with van der Waals surface area (Å²) in [6.07, 6.45) is 2.86. The number of ether oxygens (including phenoxy) is 3. The quantitative estimate of drug-likeness (QED) is 0.297. The first kappa shape index (κ1) is 24.6. The summed E-state index contributed by atoms with van der Waals surface area (Å²) in [4.78, 5) is 26.0. The molecule has 0 aliphatic carbocycles. The van der Waals surface area contributed by atoms with Crippen LogP contribution in [-0.2, 0) is 15.1 Å². The van der Waals surface area contributed by atoms with Gasteiger partial charge in [-0.15, -0.1) is 0 Å². The summed E-state index contributed by atoms with van der Waals surface area (Å²) in [6.45, 7) is 3.40. The first-order valence-corrected chi connectivity index (χ1v) is 12.3. The normalized spacial score (nSPS) is 15.2. The molecule has 0 radical (unpaired) electrons. The van der Waals surface area contributed by atoms with Crippen LogP contribution in [0.1, 0.15) is 63.6 Å². The van der Waals surface area contributed by atoms with E-state index in [4.69, 9.17) is 14.2 Å². The van der Waals surface area contributed by atoms with Gasteiger partial charge in [-0.2, -0.15) is 0 Å². The fourth-order valence-corrected chi connectivity index (χ4v) is 5.14. The molecule has 8 heteroatoms. The van der Waals surface area contributed by atoms with Crippen LogP contribution < -0.4 is 10.1 Å². The number of amides is 1. The molecule has 3 aromatic rings. The highest BCUT2D eigenvalue weighted by atomic mass is 16.6. The lowest BCUT2D eigenvalue weighted by Gasteiger charge is -2.36. The summed E-state index contributed by atoms with van der Waals surface area (Å²) in [5.74, 6) is 0.232. The Morgan fingerprint density at radius 3 is 2.27 bits per heavy atom. The van der Waals surface area contributed by atoms with Gasteiger partial charge in [-0.25, -0.2) is 4.79 Å². The molecule has 1 amide bonds. The fourth-order valence-electron chi connectivity index (χ4n) is 5.14. The number of fused-ring (bicyclic) bond motifs is 6. The Morgan fingerprint density at radius 1 is 0.973 bits per heavy atom. The van der Waals surface area contributed by atoms with Gasteiger partial charge in [0.25, 0.3) is 5.91 Å². The van der Waals surface area contributed by atoms with Gasteiger partial charge in [0.05, 0.1) is 5.56 Å². The van der Waals surface area contributed by atoms with E-state index < -0.39 is 11.6 Å². The Labute approximate surface area is 214 Å². The van der Waals surface area contributed by atoms with E-state index in [-0.39, 0.29) is 23.0 Å². The van der Waals surface area contributed by atoms with Crippen LogP contribution >= 0.6 is 0 Å². The number of carbonyl (C=O) groups excluding carboxylic acids is 2. The van der Waals surface area contributed by atoms with Crippen molar-refractivity contribution >= 4 is 11.9 Å². The second-order valence-electron chi connectivity index (χ2n) is 9.61. The van der Waals surface area contributed by atoms with Crippen LogP contribution in [0.15, 0.2) is 54.6 Å². The smallest absolute Gasteiger partial charge is 0.340 e. The number of esters is 1. The number of phenols is 2. The number of unbranched alkanes of at least 4 members (excludes halogenated alkanes) is 1. The third kappa shape index (κ3) is 4.38. The third-order valence-electron chi connectivity index (χ3n) is 6.90. The Bertz CT molecular complexity index is 1310. The summed E-state index contributed by atoms with van der Waals surface area (Å²) in [5.41, 5.74) is 0.935. The zero-order valence-corrected chi connectivity index (χ0v) is 20.7. The van der Waals surface area contributed by atoms with Crippen LogP contribution in [0.5, 0.6) is 23.0 Å². The fraction of sp³-hybridized carbons (Fsp3) is 0.310. The van der Waals surface area contributed by atoms with Crippen LogP contribution in [0, 0.1) is 5.92 Å². The molecule has 3 aromatic carbocycles. The molecule has 2 heterocycles. The molecule has 5 rings (SSSR count). The van der Waals surface area contributed by atoms with Crippen LogP contribution in [0.2, 0.25) is 0 Å². The van der Waals surface area contributed by atoms with E-state index in [1.54, 1.807) is 37.4 Å². The molecule has 2 aliphatic rings.